The second-order valence-electron chi connectivity index (χ2n) is 6.57. The summed E-state index contributed by atoms with van der Waals surface area (Å²) >= 11 is 0. The maximum atomic E-state index is 12.7. The Kier molecular flexibility index (Phi) is 6.21. The van der Waals surface area contributed by atoms with Crippen molar-refractivity contribution in [2.75, 3.05) is 39.9 Å². The van der Waals surface area contributed by atoms with Crippen LogP contribution in [0.1, 0.15) is 5.56 Å². The average Bonchev–Trinajstić information content (AvgIpc) is 2.72. The highest BCUT2D eigenvalue weighted by Gasteiger charge is 2.30. The summed E-state index contributed by atoms with van der Waals surface area (Å²) in [6.45, 7) is 3.02. The van der Waals surface area contributed by atoms with Crippen LogP contribution in [0.5, 0.6) is 11.5 Å². The van der Waals surface area contributed by atoms with Crippen LogP contribution in [0.15, 0.2) is 53.4 Å². The zero-order chi connectivity index (χ0) is 20.1. The van der Waals surface area contributed by atoms with Crippen molar-refractivity contribution in [3.63, 3.8) is 0 Å². The zero-order valence-electron chi connectivity index (χ0n) is 16.0. The fraction of sp³-hybridized carbons (Fsp3) is 0.350. The lowest BCUT2D eigenvalue weighted by molar-refractivity contribution is -0.134. The minimum Gasteiger partial charge on any atom is -0.497 e. The van der Waals surface area contributed by atoms with Gasteiger partial charge in [-0.05, 0) is 31.2 Å². The van der Waals surface area contributed by atoms with Gasteiger partial charge < -0.3 is 14.4 Å². The number of sulfonamides is 1. The number of hydrogen-bond donors (Lipinski definition) is 0. The second-order valence-corrected chi connectivity index (χ2v) is 8.50. The van der Waals surface area contributed by atoms with Gasteiger partial charge in [-0.1, -0.05) is 23.8 Å². The normalized spacial score (nSPS) is 15.3. The zero-order valence-corrected chi connectivity index (χ0v) is 16.8. The number of amides is 1. The molecule has 2 aromatic carbocycles. The second kappa shape index (κ2) is 8.62. The average molecular weight is 404 g/mol. The van der Waals surface area contributed by atoms with E-state index in [2.05, 4.69) is 0 Å². The maximum Gasteiger partial charge on any atom is 0.260 e. The lowest BCUT2D eigenvalue weighted by atomic mass is 10.2. The molecule has 1 amide bonds. The molecule has 1 fully saturated rings. The summed E-state index contributed by atoms with van der Waals surface area (Å²) < 4.78 is 37.5. The highest BCUT2D eigenvalue weighted by atomic mass is 32.2. The Morgan fingerprint density at radius 3 is 2.29 bits per heavy atom. The third kappa shape index (κ3) is 4.63. The van der Waals surface area contributed by atoms with E-state index in [4.69, 9.17) is 9.47 Å². The number of carbonyl (C=O) groups excluding carboxylic acids is 1. The molecule has 0 radical (unpaired) electrons. The molecule has 1 saturated heterocycles. The lowest BCUT2D eigenvalue weighted by Crippen LogP contribution is -2.51. The molecule has 28 heavy (non-hydrogen) atoms. The number of methoxy groups -OCH3 is 1. The molecule has 2 aromatic rings. The fourth-order valence-electron chi connectivity index (χ4n) is 2.96. The van der Waals surface area contributed by atoms with Gasteiger partial charge >= 0.3 is 0 Å². The van der Waals surface area contributed by atoms with Crippen molar-refractivity contribution in [2.45, 2.75) is 11.8 Å². The first-order valence-electron chi connectivity index (χ1n) is 9.01. The van der Waals surface area contributed by atoms with E-state index in [1.807, 2.05) is 6.92 Å². The Hall–Kier alpha value is -2.58. The van der Waals surface area contributed by atoms with Gasteiger partial charge in [0.05, 0.1) is 12.0 Å². The van der Waals surface area contributed by atoms with Crippen LogP contribution in [0, 0.1) is 6.92 Å². The molecule has 0 spiro atoms. The summed E-state index contributed by atoms with van der Waals surface area (Å²) in [5.41, 5.74) is 1.01. The standard InChI is InChI=1S/C20H24N2O5S/c1-16-6-8-19(9-7-16)28(24,25)22-12-10-21(11-13-22)20(23)15-27-18-5-3-4-17(14-18)26-2/h3-9,14H,10-13,15H2,1-2H3. The number of aryl methyl sites for hydroxylation is 1. The monoisotopic (exact) mass is 404 g/mol. The molecule has 0 aromatic heterocycles. The predicted molar refractivity (Wildman–Crippen MR) is 105 cm³/mol. The summed E-state index contributed by atoms with van der Waals surface area (Å²) in [5, 5.41) is 0. The summed E-state index contributed by atoms with van der Waals surface area (Å²) in [7, 11) is -1.98. The third-order valence-electron chi connectivity index (χ3n) is 4.65. The summed E-state index contributed by atoms with van der Waals surface area (Å²) in [6, 6.07) is 13.8. The molecule has 0 bridgehead atoms. The van der Waals surface area contributed by atoms with Crippen molar-refractivity contribution in [2.24, 2.45) is 0 Å². The molecule has 0 unspecified atom stereocenters. The van der Waals surface area contributed by atoms with Gasteiger partial charge in [-0.15, -0.1) is 0 Å². The lowest BCUT2D eigenvalue weighted by Gasteiger charge is -2.34. The minimum atomic E-state index is -3.54. The quantitative estimate of drug-likeness (QED) is 0.735. The largest absolute Gasteiger partial charge is 0.497 e. The van der Waals surface area contributed by atoms with E-state index < -0.39 is 10.0 Å². The van der Waals surface area contributed by atoms with E-state index in [0.717, 1.165) is 5.56 Å². The van der Waals surface area contributed by atoms with Crippen molar-refractivity contribution in [1.82, 2.24) is 9.21 Å². The van der Waals surface area contributed by atoms with Crippen LogP contribution in [0.2, 0.25) is 0 Å². The first-order valence-corrected chi connectivity index (χ1v) is 10.5. The van der Waals surface area contributed by atoms with Gasteiger partial charge in [0.25, 0.3) is 5.91 Å². The van der Waals surface area contributed by atoms with Crippen molar-refractivity contribution in [3.05, 3.63) is 54.1 Å². The Morgan fingerprint density at radius 2 is 1.64 bits per heavy atom. The molecule has 1 aliphatic heterocycles. The molecule has 0 saturated carbocycles. The maximum absolute atomic E-state index is 12.7. The van der Waals surface area contributed by atoms with Crippen molar-refractivity contribution in [1.29, 1.82) is 0 Å². The molecule has 150 valence electrons. The minimum absolute atomic E-state index is 0.0993. The van der Waals surface area contributed by atoms with Crippen LogP contribution < -0.4 is 9.47 Å². The Bertz CT molecular complexity index is 920. The summed E-state index contributed by atoms with van der Waals surface area (Å²) in [4.78, 5) is 14.3. The molecule has 0 N–H and O–H groups in total. The molecule has 0 aliphatic carbocycles. The number of piperazine rings is 1. The molecule has 3 rings (SSSR count). The van der Waals surface area contributed by atoms with Crippen molar-refractivity contribution >= 4 is 15.9 Å². The van der Waals surface area contributed by atoms with Gasteiger partial charge in [-0.25, -0.2) is 8.42 Å². The molecule has 7 nitrogen and oxygen atoms in total. The van der Waals surface area contributed by atoms with E-state index in [1.165, 1.54) is 4.31 Å². The van der Waals surface area contributed by atoms with Crippen LogP contribution in [-0.2, 0) is 14.8 Å². The fourth-order valence-corrected chi connectivity index (χ4v) is 4.39. The Labute approximate surface area is 165 Å². The number of ether oxygens (including phenoxy) is 2. The topological polar surface area (TPSA) is 76.2 Å². The highest BCUT2D eigenvalue weighted by Crippen LogP contribution is 2.20. The number of benzene rings is 2. The van der Waals surface area contributed by atoms with E-state index in [-0.39, 0.29) is 30.5 Å². The van der Waals surface area contributed by atoms with Crippen LogP contribution >= 0.6 is 0 Å². The summed E-state index contributed by atoms with van der Waals surface area (Å²) in [5.74, 6) is 1.03. The molecule has 8 heteroatoms. The SMILES string of the molecule is COc1cccc(OCC(=O)N2CCN(S(=O)(=O)c3ccc(C)cc3)CC2)c1. The van der Waals surface area contributed by atoms with Crippen molar-refractivity contribution < 1.29 is 22.7 Å². The number of nitrogens with zero attached hydrogens (tertiary/aromatic N) is 2. The number of rotatable bonds is 6. The van der Waals surface area contributed by atoms with Gasteiger partial charge in [-0.2, -0.15) is 4.31 Å². The Morgan fingerprint density at radius 1 is 1.00 bits per heavy atom. The number of hydrogen-bond acceptors (Lipinski definition) is 5. The van der Waals surface area contributed by atoms with Gasteiger partial charge in [-0.3, -0.25) is 4.79 Å². The van der Waals surface area contributed by atoms with E-state index in [0.29, 0.717) is 24.6 Å². The van der Waals surface area contributed by atoms with Gasteiger partial charge in [0.1, 0.15) is 11.5 Å². The van der Waals surface area contributed by atoms with Gasteiger partial charge in [0, 0.05) is 32.2 Å². The first-order chi connectivity index (χ1) is 13.4. The van der Waals surface area contributed by atoms with E-state index >= 15 is 0 Å². The van der Waals surface area contributed by atoms with Crippen molar-refractivity contribution in [3.8, 4) is 11.5 Å². The van der Waals surface area contributed by atoms with Crippen LogP contribution in [0.3, 0.4) is 0 Å². The molecular formula is C20H24N2O5S. The van der Waals surface area contributed by atoms with Gasteiger partial charge in [0.15, 0.2) is 6.61 Å². The third-order valence-corrected chi connectivity index (χ3v) is 6.57. The van der Waals surface area contributed by atoms with E-state index in [9.17, 15) is 13.2 Å². The van der Waals surface area contributed by atoms with E-state index in [1.54, 1.807) is 60.5 Å². The van der Waals surface area contributed by atoms with Gasteiger partial charge in [0.2, 0.25) is 10.0 Å². The van der Waals surface area contributed by atoms with Crippen LogP contribution in [0.25, 0.3) is 0 Å². The smallest absolute Gasteiger partial charge is 0.260 e. The predicted octanol–water partition coefficient (Wildman–Crippen LogP) is 1.92. The number of carbonyl (C=O) groups is 1. The molecule has 0 atom stereocenters. The molecule has 1 aliphatic rings. The molecular weight excluding hydrogens is 380 g/mol. The first kappa shape index (κ1) is 20.2. The molecule has 1 heterocycles. The highest BCUT2D eigenvalue weighted by molar-refractivity contribution is 7.89. The van der Waals surface area contributed by atoms with Crippen LogP contribution in [-0.4, -0.2) is 63.4 Å². The summed E-state index contributed by atoms with van der Waals surface area (Å²) in [6.07, 6.45) is 0. The van der Waals surface area contributed by atoms with Crippen LogP contribution in [0.4, 0.5) is 0 Å². The Balaban J connectivity index is 1.54.